The molecule has 0 unspecified atom stereocenters. The van der Waals surface area contributed by atoms with Gasteiger partial charge in [0.15, 0.2) is 0 Å². The number of hydrogen-bond acceptors (Lipinski definition) is 3. The summed E-state index contributed by atoms with van der Waals surface area (Å²) in [5.41, 5.74) is 0.222. The van der Waals surface area contributed by atoms with Crippen LogP contribution in [-0.2, 0) is 12.7 Å². The maximum Gasteiger partial charge on any atom is 0.417 e. The van der Waals surface area contributed by atoms with E-state index in [9.17, 15) is 13.2 Å². The molecule has 9 heteroatoms. The summed E-state index contributed by atoms with van der Waals surface area (Å²) < 4.78 is 37.8. The van der Waals surface area contributed by atoms with Crippen LogP contribution in [0.4, 0.5) is 19.0 Å². The predicted octanol–water partition coefficient (Wildman–Crippen LogP) is 5.20. The van der Waals surface area contributed by atoms with E-state index in [1.54, 1.807) is 12.1 Å². The van der Waals surface area contributed by atoms with E-state index in [4.69, 9.17) is 23.2 Å². The van der Waals surface area contributed by atoms with Gasteiger partial charge in [-0.25, -0.2) is 4.98 Å². The fraction of sp³-hybridized carbons (Fsp3) is 0.353. The number of anilines is 1. The Morgan fingerprint density at radius 1 is 1.19 bits per heavy atom. The highest BCUT2D eigenvalue weighted by Gasteiger charge is 2.31. The summed E-state index contributed by atoms with van der Waals surface area (Å²) >= 11 is 12.0. The van der Waals surface area contributed by atoms with Crippen molar-refractivity contribution in [1.29, 1.82) is 0 Å². The highest BCUT2D eigenvalue weighted by molar-refractivity contribution is 6.35. The lowest BCUT2D eigenvalue weighted by Gasteiger charge is -2.19. The molecule has 0 amide bonds. The normalized spacial score (nSPS) is 17.3. The van der Waals surface area contributed by atoms with E-state index in [1.807, 2.05) is 11.0 Å². The van der Waals surface area contributed by atoms with E-state index in [1.165, 1.54) is 6.07 Å². The Hall–Kier alpha value is -1.21. The van der Waals surface area contributed by atoms with Crippen molar-refractivity contribution in [2.24, 2.45) is 0 Å². The zero-order valence-corrected chi connectivity index (χ0v) is 15.9. The summed E-state index contributed by atoms with van der Waals surface area (Å²) in [5.74, 6) is 0.557. The molecule has 0 aliphatic carbocycles. The van der Waals surface area contributed by atoms with Crippen LogP contribution in [0.1, 0.15) is 17.5 Å². The molecule has 1 aliphatic heterocycles. The molecule has 1 aliphatic rings. The number of rotatable bonds is 4. The lowest BCUT2D eigenvalue weighted by molar-refractivity contribution is -0.137. The molecule has 1 aromatic heterocycles. The fourth-order valence-corrected chi connectivity index (χ4v) is 3.27. The fourth-order valence-electron chi connectivity index (χ4n) is 2.80. The molecule has 0 radical (unpaired) electrons. The van der Waals surface area contributed by atoms with Crippen LogP contribution in [0.15, 0.2) is 36.5 Å². The summed E-state index contributed by atoms with van der Waals surface area (Å²) in [6.07, 6.45) is -2.60. The van der Waals surface area contributed by atoms with Crippen LogP contribution in [0.3, 0.4) is 0 Å². The number of halogens is 6. The molecule has 2 aromatic rings. The van der Waals surface area contributed by atoms with E-state index in [2.05, 4.69) is 10.3 Å². The lowest BCUT2D eigenvalue weighted by Crippen LogP contribution is -2.32. The van der Waals surface area contributed by atoms with Gasteiger partial charge in [0.2, 0.25) is 0 Å². The molecule has 3 nitrogen and oxygen atoms in total. The first-order chi connectivity index (χ1) is 11.8. The van der Waals surface area contributed by atoms with E-state index in [0.717, 1.165) is 30.8 Å². The van der Waals surface area contributed by atoms with Gasteiger partial charge in [0.05, 0.1) is 5.56 Å². The van der Waals surface area contributed by atoms with E-state index >= 15 is 0 Å². The number of benzene rings is 1. The summed E-state index contributed by atoms with van der Waals surface area (Å²) in [4.78, 5) is 5.92. The van der Waals surface area contributed by atoms with Gasteiger partial charge in [-0.3, -0.25) is 0 Å². The standard InChI is InChI=1S/C17H16Cl2F3N3.ClH/c18-13-3-1-11(15(19)7-13)8-23-14-5-6-25(10-14)16-4-2-12(9-24-16)17(20,21)22;/h1-4,7,9,14,23H,5-6,8,10H2;1H/t14-;/m0./s1. The van der Waals surface area contributed by atoms with Crippen molar-refractivity contribution in [2.45, 2.75) is 25.2 Å². The smallest absolute Gasteiger partial charge is 0.355 e. The van der Waals surface area contributed by atoms with Gasteiger partial charge in [0.1, 0.15) is 5.82 Å². The summed E-state index contributed by atoms with van der Waals surface area (Å²) in [7, 11) is 0. The average molecular weight is 427 g/mol. The van der Waals surface area contributed by atoms with Gasteiger partial charge in [-0.15, -0.1) is 12.4 Å². The van der Waals surface area contributed by atoms with Crippen LogP contribution in [0.5, 0.6) is 0 Å². The Morgan fingerprint density at radius 2 is 1.96 bits per heavy atom. The van der Waals surface area contributed by atoms with Gasteiger partial charge < -0.3 is 10.2 Å². The van der Waals surface area contributed by atoms with Crippen molar-refractivity contribution in [1.82, 2.24) is 10.3 Å². The van der Waals surface area contributed by atoms with Crippen molar-refractivity contribution < 1.29 is 13.2 Å². The maximum absolute atomic E-state index is 12.6. The minimum absolute atomic E-state index is 0. The molecule has 1 saturated heterocycles. The minimum atomic E-state index is -4.36. The number of aromatic nitrogens is 1. The van der Waals surface area contributed by atoms with Crippen molar-refractivity contribution in [2.75, 3.05) is 18.0 Å². The van der Waals surface area contributed by atoms with Gasteiger partial charge in [-0.05, 0) is 36.2 Å². The lowest BCUT2D eigenvalue weighted by atomic mass is 10.2. The second-order valence-corrected chi connectivity index (χ2v) is 6.79. The molecule has 2 heterocycles. The van der Waals surface area contributed by atoms with Crippen LogP contribution in [-0.4, -0.2) is 24.1 Å². The zero-order valence-electron chi connectivity index (χ0n) is 13.6. The third-order valence-corrected chi connectivity index (χ3v) is 4.77. The van der Waals surface area contributed by atoms with Crippen LogP contribution >= 0.6 is 35.6 Å². The first-order valence-electron chi connectivity index (χ1n) is 7.78. The number of hydrogen-bond donors (Lipinski definition) is 1. The molecule has 0 bridgehead atoms. The highest BCUT2D eigenvalue weighted by Crippen LogP contribution is 2.30. The van der Waals surface area contributed by atoms with Gasteiger partial charge in [0, 0.05) is 41.9 Å². The van der Waals surface area contributed by atoms with Crippen molar-refractivity contribution in [3.05, 3.63) is 57.7 Å². The van der Waals surface area contributed by atoms with Crippen molar-refractivity contribution in [3.8, 4) is 0 Å². The Balaban J connectivity index is 0.00000243. The first kappa shape index (κ1) is 21.1. The molecular formula is C17H17Cl3F3N3. The molecular weight excluding hydrogens is 410 g/mol. The molecule has 26 heavy (non-hydrogen) atoms. The average Bonchev–Trinajstić information content (AvgIpc) is 3.02. The molecule has 1 fully saturated rings. The first-order valence-corrected chi connectivity index (χ1v) is 8.54. The van der Waals surface area contributed by atoms with Crippen LogP contribution in [0.2, 0.25) is 10.0 Å². The molecule has 0 saturated carbocycles. The van der Waals surface area contributed by atoms with Crippen molar-refractivity contribution >= 4 is 41.4 Å². The van der Waals surface area contributed by atoms with Gasteiger partial charge in [-0.1, -0.05) is 29.3 Å². The van der Waals surface area contributed by atoms with Crippen molar-refractivity contribution in [3.63, 3.8) is 0 Å². The summed E-state index contributed by atoms with van der Waals surface area (Å²) in [6.45, 7) is 2.03. The number of nitrogens with zero attached hydrogens (tertiary/aromatic N) is 2. The Morgan fingerprint density at radius 3 is 2.58 bits per heavy atom. The zero-order chi connectivity index (χ0) is 18.0. The molecule has 1 N–H and O–H groups in total. The molecule has 1 atom stereocenters. The van der Waals surface area contributed by atoms with Crippen LogP contribution in [0, 0.1) is 0 Å². The Bertz CT molecular complexity index is 738. The van der Waals surface area contributed by atoms with E-state index in [-0.39, 0.29) is 18.4 Å². The number of alkyl halides is 3. The van der Waals surface area contributed by atoms with E-state index < -0.39 is 11.7 Å². The summed E-state index contributed by atoms with van der Waals surface area (Å²) in [6, 6.07) is 8.07. The highest BCUT2D eigenvalue weighted by atomic mass is 35.5. The van der Waals surface area contributed by atoms with Gasteiger partial charge >= 0.3 is 6.18 Å². The maximum atomic E-state index is 12.6. The monoisotopic (exact) mass is 425 g/mol. The van der Waals surface area contributed by atoms with E-state index in [0.29, 0.717) is 29.0 Å². The molecule has 3 rings (SSSR count). The Kier molecular flexibility index (Phi) is 7.02. The number of nitrogens with one attached hydrogen (secondary N) is 1. The minimum Gasteiger partial charge on any atom is -0.355 e. The van der Waals surface area contributed by atoms with Crippen LogP contribution in [0.25, 0.3) is 0 Å². The predicted molar refractivity (Wildman–Crippen MR) is 100 cm³/mol. The third-order valence-electron chi connectivity index (χ3n) is 4.18. The second kappa shape index (κ2) is 8.65. The second-order valence-electron chi connectivity index (χ2n) is 5.95. The van der Waals surface area contributed by atoms with Gasteiger partial charge in [-0.2, -0.15) is 13.2 Å². The Labute approximate surface area is 165 Å². The molecule has 142 valence electrons. The molecule has 0 spiro atoms. The molecule has 1 aromatic carbocycles. The van der Waals surface area contributed by atoms with Crippen LogP contribution < -0.4 is 10.2 Å². The topological polar surface area (TPSA) is 28.2 Å². The summed E-state index contributed by atoms with van der Waals surface area (Å²) in [5, 5.41) is 4.62. The quantitative estimate of drug-likeness (QED) is 0.728. The largest absolute Gasteiger partial charge is 0.417 e. The number of pyridine rings is 1. The third kappa shape index (κ3) is 5.16. The SMILES string of the molecule is Cl.FC(F)(F)c1ccc(N2CC[C@H](NCc3ccc(Cl)cc3Cl)C2)nc1. The van der Waals surface area contributed by atoms with Gasteiger partial charge in [0.25, 0.3) is 0 Å².